The van der Waals surface area contributed by atoms with Gasteiger partial charge in [0.2, 0.25) is 0 Å². The summed E-state index contributed by atoms with van der Waals surface area (Å²) in [4.78, 5) is 23.1. The Bertz CT molecular complexity index is 384. The van der Waals surface area contributed by atoms with Crippen molar-refractivity contribution >= 4 is 11.9 Å². The van der Waals surface area contributed by atoms with Gasteiger partial charge in [-0.25, -0.2) is 4.79 Å². The van der Waals surface area contributed by atoms with Gasteiger partial charge in [-0.2, -0.15) is 0 Å². The second-order valence-electron chi connectivity index (χ2n) is 5.05. The average Bonchev–Trinajstić information content (AvgIpc) is 2.78. The summed E-state index contributed by atoms with van der Waals surface area (Å²) in [6, 6.07) is 0. The van der Waals surface area contributed by atoms with Gasteiger partial charge < -0.3 is 9.47 Å². The molecule has 0 N–H and O–H groups in total. The maximum atomic E-state index is 11.6. The fraction of sp³-hybridized carbons (Fsp3) is 0.667. The van der Waals surface area contributed by atoms with Crippen LogP contribution in [0.4, 0.5) is 0 Å². The first kappa shape index (κ1) is 9.87. The lowest BCUT2D eigenvalue weighted by molar-refractivity contribution is -0.153. The fourth-order valence-corrected chi connectivity index (χ4v) is 3.32. The normalized spacial score (nSPS) is 43.3. The van der Waals surface area contributed by atoms with Crippen LogP contribution >= 0.6 is 0 Å². The summed E-state index contributed by atoms with van der Waals surface area (Å²) >= 11 is 0. The van der Waals surface area contributed by atoms with Crippen molar-refractivity contribution in [2.24, 2.45) is 17.8 Å². The molecule has 0 aromatic carbocycles. The number of hydrogen-bond acceptors (Lipinski definition) is 4. The maximum absolute atomic E-state index is 11.6. The molecule has 5 atom stereocenters. The summed E-state index contributed by atoms with van der Waals surface area (Å²) in [5.41, 5.74) is 0.380. The summed E-state index contributed by atoms with van der Waals surface area (Å²) in [5.74, 6) is -0.217. The van der Waals surface area contributed by atoms with E-state index in [9.17, 15) is 9.59 Å². The van der Waals surface area contributed by atoms with Crippen LogP contribution in [-0.4, -0.2) is 24.1 Å². The Hall–Kier alpha value is -1.32. The molecule has 0 amide bonds. The lowest BCUT2D eigenvalue weighted by Crippen LogP contribution is -2.35. The molecule has 3 rings (SSSR count). The van der Waals surface area contributed by atoms with Gasteiger partial charge in [-0.05, 0) is 19.8 Å². The molecule has 1 saturated heterocycles. The fourth-order valence-electron chi connectivity index (χ4n) is 3.32. The summed E-state index contributed by atoms with van der Waals surface area (Å²) in [6.07, 6.45) is 1.61. The molecule has 0 unspecified atom stereocenters. The number of fused-ring (bicyclic) bond motifs is 1. The van der Waals surface area contributed by atoms with Crippen LogP contribution in [0.25, 0.3) is 0 Å². The van der Waals surface area contributed by atoms with Crippen LogP contribution in [0.3, 0.4) is 0 Å². The zero-order chi connectivity index (χ0) is 11.4. The van der Waals surface area contributed by atoms with Crippen LogP contribution in [-0.2, 0) is 19.1 Å². The molecule has 3 aliphatic rings. The molecule has 2 saturated carbocycles. The smallest absolute Gasteiger partial charge is 0.333 e. The number of carbonyl (C=O) groups is 2. The van der Waals surface area contributed by atoms with E-state index in [1.54, 1.807) is 6.92 Å². The molecule has 4 heteroatoms. The highest BCUT2D eigenvalue weighted by atomic mass is 16.6. The Morgan fingerprint density at radius 3 is 2.94 bits per heavy atom. The maximum Gasteiger partial charge on any atom is 0.333 e. The summed E-state index contributed by atoms with van der Waals surface area (Å²) in [7, 11) is 0. The molecule has 0 spiro atoms. The average molecular weight is 222 g/mol. The van der Waals surface area contributed by atoms with Gasteiger partial charge in [0.1, 0.15) is 18.1 Å². The molecular formula is C12H14O4. The van der Waals surface area contributed by atoms with Gasteiger partial charge in [0.05, 0.1) is 0 Å². The second-order valence-corrected chi connectivity index (χ2v) is 5.05. The third-order valence-corrected chi connectivity index (χ3v) is 4.00. The Morgan fingerprint density at radius 2 is 2.25 bits per heavy atom. The minimum atomic E-state index is -0.395. The highest BCUT2D eigenvalue weighted by Gasteiger charge is 2.63. The number of esters is 2. The van der Waals surface area contributed by atoms with Gasteiger partial charge in [0, 0.05) is 17.4 Å². The zero-order valence-electron chi connectivity index (χ0n) is 9.14. The van der Waals surface area contributed by atoms with E-state index in [1.807, 2.05) is 0 Å². The lowest BCUT2D eigenvalue weighted by Gasteiger charge is -2.24. The molecule has 0 aromatic heterocycles. The number of hydrogen-bond donors (Lipinski definition) is 0. The van der Waals surface area contributed by atoms with E-state index >= 15 is 0 Å². The topological polar surface area (TPSA) is 52.6 Å². The third-order valence-electron chi connectivity index (χ3n) is 4.00. The summed E-state index contributed by atoms with van der Waals surface area (Å²) in [5, 5.41) is 0. The monoisotopic (exact) mass is 222 g/mol. The highest BCUT2D eigenvalue weighted by molar-refractivity contribution is 5.87. The van der Waals surface area contributed by atoms with E-state index in [1.165, 1.54) is 0 Å². The van der Waals surface area contributed by atoms with E-state index in [2.05, 4.69) is 6.58 Å². The minimum Gasteiger partial charge on any atom is -0.462 e. The first-order chi connectivity index (χ1) is 7.58. The van der Waals surface area contributed by atoms with E-state index in [0.717, 1.165) is 12.8 Å². The van der Waals surface area contributed by atoms with Crippen molar-refractivity contribution in [1.29, 1.82) is 0 Å². The third kappa shape index (κ3) is 1.16. The Morgan fingerprint density at radius 1 is 1.50 bits per heavy atom. The Labute approximate surface area is 93.6 Å². The molecule has 0 radical (unpaired) electrons. The molecule has 1 heterocycles. The van der Waals surface area contributed by atoms with E-state index in [0.29, 0.717) is 11.5 Å². The molecule has 0 aromatic rings. The van der Waals surface area contributed by atoms with Gasteiger partial charge >= 0.3 is 11.9 Å². The predicted octanol–water partition coefficient (Wildman–Crippen LogP) is 1.06. The summed E-state index contributed by atoms with van der Waals surface area (Å²) < 4.78 is 10.6. The van der Waals surface area contributed by atoms with Crippen molar-refractivity contribution in [3.8, 4) is 0 Å². The van der Waals surface area contributed by atoms with Gasteiger partial charge in [-0.3, -0.25) is 4.79 Å². The van der Waals surface area contributed by atoms with Crippen LogP contribution in [0.2, 0.25) is 0 Å². The van der Waals surface area contributed by atoms with E-state index in [-0.39, 0.29) is 30.0 Å². The van der Waals surface area contributed by atoms with Gasteiger partial charge in [-0.1, -0.05) is 6.58 Å². The molecule has 4 nitrogen and oxygen atoms in total. The predicted molar refractivity (Wildman–Crippen MR) is 54.3 cm³/mol. The standard InChI is InChI=1S/C12H14O4/c1-5(2)11(13)16-10-6-3-7-8(4-6)15-12(14)9(7)10/h6-10H,1,3-4H2,2H3/t6-,7+,8-,9-,10-/m0/s1. The number of ether oxygens (including phenoxy) is 2. The first-order valence-electron chi connectivity index (χ1n) is 5.65. The zero-order valence-corrected chi connectivity index (χ0v) is 9.14. The SMILES string of the molecule is C=C(C)C(=O)O[C@H]1[C@H]2C[C@H]3[C@@H]1C(=O)O[C@H]3C2. The van der Waals surface area contributed by atoms with Gasteiger partial charge in [-0.15, -0.1) is 0 Å². The van der Waals surface area contributed by atoms with Crippen molar-refractivity contribution in [2.75, 3.05) is 0 Å². The van der Waals surface area contributed by atoms with Crippen molar-refractivity contribution in [3.63, 3.8) is 0 Å². The molecule has 16 heavy (non-hydrogen) atoms. The largest absolute Gasteiger partial charge is 0.462 e. The molecule has 3 fully saturated rings. The highest BCUT2D eigenvalue weighted by Crippen LogP contribution is 2.55. The van der Waals surface area contributed by atoms with Crippen LogP contribution in [0.5, 0.6) is 0 Å². The second kappa shape index (κ2) is 3.09. The first-order valence-corrected chi connectivity index (χ1v) is 5.65. The van der Waals surface area contributed by atoms with Crippen LogP contribution in [0.1, 0.15) is 19.8 Å². The van der Waals surface area contributed by atoms with Crippen LogP contribution in [0, 0.1) is 17.8 Å². The Balaban J connectivity index is 1.80. The van der Waals surface area contributed by atoms with Crippen molar-refractivity contribution in [1.82, 2.24) is 0 Å². The Kier molecular flexibility index (Phi) is 1.91. The van der Waals surface area contributed by atoms with Crippen molar-refractivity contribution < 1.29 is 19.1 Å². The van der Waals surface area contributed by atoms with Gasteiger partial charge in [0.25, 0.3) is 0 Å². The molecule has 2 aliphatic carbocycles. The number of carbonyl (C=O) groups excluding carboxylic acids is 2. The summed E-state index contributed by atoms with van der Waals surface area (Å²) in [6.45, 7) is 5.17. The lowest BCUT2D eigenvalue weighted by atomic mass is 9.87. The van der Waals surface area contributed by atoms with Crippen LogP contribution in [0.15, 0.2) is 12.2 Å². The van der Waals surface area contributed by atoms with E-state index in [4.69, 9.17) is 9.47 Å². The van der Waals surface area contributed by atoms with Gasteiger partial charge in [0.15, 0.2) is 0 Å². The number of rotatable bonds is 2. The quantitative estimate of drug-likeness (QED) is 0.517. The molecule has 86 valence electrons. The van der Waals surface area contributed by atoms with Crippen molar-refractivity contribution in [3.05, 3.63) is 12.2 Å². The molecular weight excluding hydrogens is 208 g/mol. The minimum absolute atomic E-state index is 0.0854. The van der Waals surface area contributed by atoms with Crippen LogP contribution < -0.4 is 0 Å². The molecule has 2 bridgehead atoms. The van der Waals surface area contributed by atoms with E-state index < -0.39 is 5.97 Å². The molecule has 1 aliphatic heterocycles. The van der Waals surface area contributed by atoms with Crippen molar-refractivity contribution in [2.45, 2.75) is 32.0 Å².